The second-order valence-electron chi connectivity index (χ2n) is 4.06. The third-order valence-electron chi connectivity index (χ3n) is 2.28. The van der Waals surface area contributed by atoms with Gasteiger partial charge in [0.15, 0.2) is 0 Å². The van der Waals surface area contributed by atoms with Crippen LogP contribution in [0, 0.1) is 5.41 Å². The fourth-order valence-corrected chi connectivity index (χ4v) is 1.71. The molecule has 70 valence electrons. The first-order valence-electron chi connectivity index (χ1n) is 4.48. The van der Waals surface area contributed by atoms with Crippen LogP contribution >= 0.6 is 12.6 Å². The molecule has 1 saturated carbocycles. The Morgan fingerprint density at radius 3 is 2.50 bits per heavy atom. The zero-order valence-electron chi connectivity index (χ0n) is 7.76. The Labute approximate surface area is 79.5 Å². The summed E-state index contributed by atoms with van der Waals surface area (Å²) in [5.41, 5.74) is 0.252. The summed E-state index contributed by atoms with van der Waals surface area (Å²) >= 11 is 4.25. The van der Waals surface area contributed by atoms with Gasteiger partial charge in [0.1, 0.15) is 0 Å². The van der Waals surface area contributed by atoms with Gasteiger partial charge in [-0.15, -0.1) is 0 Å². The van der Waals surface area contributed by atoms with E-state index < -0.39 is 0 Å². The van der Waals surface area contributed by atoms with Crippen LogP contribution in [-0.2, 0) is 4.79 Å². The van der Waals surface area contributed by atoms with Crippen LogP contribution in [0.3, 0.4) is 0 Å². The summed E-state index contributed by atoms with van der Waals surface area (Å²) < 4.78 is 0. The van der Waals surface area contributed by atoms with Gasteiger partial charge in [-0.05, 0) is 37.9 Å². The normalized spacial score (nSPS) is 19.3. The van der Waals surface area contributed by atoms with E-state index in [9.17, 15) is 4.79 Å². The molecule has 0 saturated heterocycles. The second-order valence-corrected chi connectivity index (χ2v) is 4.37. The molecule has 1 amide bonds. The molecule has 0 radical (unpaired) electrons. The number of rotatable bonds is 4. The highest BCUT2D eigenvalue weighted by Crippen LogP contribution is 2.49. The number of carbonyl (C=O) groups is 1. The third kappa shape index (κ3) is 2.70. The fraction of sp³-hybridized carbons (Fsp3) is 0.889. The van der Waals surface area contributed by atoms with Crippen LogP contribution in [0.25, 0.3) is 0 Å². The van der Waals surface area contributed by atoms with Crippen molar-refractivity contribution in [2.45, 2.75) is 39.2 Å². The van der Waals surface area contributed by atoms with E-state index in [0.717, 1.165) is 5.75 Å². The van der Waals surface area contributed by atoms with E-state index >= 15 is 0 Å². The molecule has 0 aliphatic heterocycles. The molecule has 0 aromatic rings. The minimum absolute atomic E-state index is 0.177. The van der Waals surface area contributed by atoms with Gasteiger partial charge >= 0.3 is 0 Å². The molecule has 1 N–H and O–H groups in total. The summed E-state index contributed by atoms with van der Waals surface area (Å²) in [6.07, 6.45) is 3.00. The molecule has 1 rings (SSSR count). The lowest BCUT2D eigenvalue weighted by Crippen LogP contribution is -2.32. The molecule has 0 aromatic heterocycles. The average molecular weight is 187 g/mol. The highest BCUT2D eigenvalue weighted by Gasteiger charge is 2.42. The molecule has 3 heteroatoms. The van der Waals surface area contributed by atoms with E-state index in [1.165, 1.54) is 12.8 Å². The van der Waals surface area contributed by atoms with Crippen LogP contribution in [0.15, 0.2) is 0 Å². The number of nitrogens with one attached hydrogen (secondary N) is 1. The molecule has 0 aromatic carbocycles. The van der Waals surface area contributed by atoms with Crippen LogP contribution in [0.4, 0.5) is 0 Å². The largest absolute Gasteiger partial charge is 0.354 e. The number of carbonyl (C=O) groups excluding carboxylic acids is 1. The first kappa shape index (κ1) is 9.90. The predicted molar refractivity (Wildman–Crippen MR) is 53.4 cm³/mol. The van der Waals surface area contributed by atoms with Gasteiger partial charge in [0.05, 0.1) is 0 Å². The van der Waals surface area contributed by atoms with E-state index in [1.54, 1.807) is 0 Å². The SMILES string of the molecule is CC(C)NC(=O)CC1(CS)CC1. The van der Waals surface area contributed by atoms with Gasteiger partial charge in [-0.1, -0.05) is 0 Å². The van der Waals surface area contributed by atoms with E-state index in [0.29, 0.717) is 6.42 Å². The lowest BCUT2D eigenvalue weighted by atomic mass is 10.1. The molecule has 0 spiro atoms. The first-order valence-corrected chi connectivity index (χ1v) is 5.11. The maximum absolute atomic E-state index is 11.3. The fourth-order valence-electron chi connectivity index (χ4n) is 1.28. The van der Waals surface area contributed by atoms with Gasteiger partial charge in [-0.3, -0.25) is 4.79 Å². The number of amides is 1. The van der Waals surface area contributed by atoms with Crippen LogP contribution in [0.1, 0.15) is 33.1 Å². The summed E-state index contributed by atoms with van der Waals surface area (Å²) in [7, 11) is 0. The van der Waals surface area contributed by atoms with Gasteiger partial charge < -0.3 is 5.32 Å². The van der Waals surface area contributed by atoms with E-state index in [1.807, 2.05) is 13.8 Å². The van der Waals surface area contributed by atoms with Crippen molar-refractivity contribution in [2.24, 2.45) is 5.41 Å². The van der Waals surface area contributed by atoms with Crippen molar-refractivity contribution in [3.8, 4) is 0 Å². The smallest absolute Gasteiger partial charge is 0.220 e. The summed E-state index contributed by atoms with van der Waals surface area (Å²) in [6.45, 7) is 3.97. The molecule has 2 nitrogen and oxygen atoms in total. The topological polar surface area (TPSA) is 29.1 Å². The van der Waals surface area contributed by atoms with Gasteiger partial charge in [-0.25, -0.2) is 0 Å². The van der Waals surface area contributed by atoms with Crippen molar-refractivity contribution < 1.29 is 4.79 Å². The Kier molecular flexibility index (Phi) is 3.04. The Balaban J connectivity index is 2.26. The molecule has 12 heavy (non-hydrogen) atoms. The molecule has 1 aliphatic carbocycles. The standard InChI is InChI=1S/C9H17NOS/c1-7(2)10-8(11)5-9(6-12)3-4-9/h7,12H,3-6H2,1-2H3,(H,10,11). The Morgan fingerprint density at radius 1 is 1.58 bits per heavy atom. The highest BCUT2D eigenvalue weighted by molar-refractivity contribution is 7.80. The van der Waals surface area contributed by atoms with Gasteiger partial charge in [0, 0.05) is 12.5 Å². The maximum atomic E-state index is 11.3. The molecule has 1 aliphatic rings. The van der Waals surface area contributed by atoms with Crippen molar-refractivity contribution in [3.05, 3.63) is 0 Å². The van der Waals surface area contributed by atoms with Crippen molar-refractivity contribution in [1.82, 2.24) is 5.32 Å². The molecule has 0 atom stereocenters. The average Bonchev–Trinajstić information content (AvgIpc) is 2.67. The zero-order valence-corrected chi connectivity index (χ0v) is 8.66. The number of thiol groups is 1. The maximum Gasteiger partial charge on any atom is 0.220 e. The van der Waals surface area contributed by atoms with Crippen molar-refractivity contribution in [3.63, 3.8) is 0 Å². The summed E-state index contributed by atoms with van der Waals surface area (Å²) in [5.74, 6) is 1.02. The molecule has 0 heterocycles. The minimum Gasteiger partial charge on any atom is -0.354 e. The molecular formula is C9H17NOS. The lowest BCUT2D eigenvalue weighted by molar-refractivity contribution is -0.122. The van der Waals surface area contributed by atoms with Crippen LogP contribution in [0.5, 0.6) is 0 Å². The van der Waals surface area contributed by atoms with Crippen LogP contribution in [0.2, 0.25) is 0 Å². The molecule has 0 unspecified atom stereocenters. The first-order chi connectivity index (χ1) is 5.58. The van der Waals surface area contributed by atoms with Crippen molar-refractivity contribution in [1.29, 1.82) is 0 Å². The van der Waals surface area contributed by atoms with E-state index in [4.69, 9.17) is 0 Å². The van der Waals surface area contributed by atoms with E-state index in [2.05, 4.69) is 17.9 Å². The number of hydrogen-bond acceptors (Lipinski definition) is 2. The molecule has 0 bridgehead atoms. The van der Waals surface area contributed by atoms with Gasteiger partial charge in [-0.2, -0.15) is 12.6 Å². The minimum atomic E-state index is 0.177. The summed E-state index contributed by atoms with van der Waals surface area (Å²) in [4.78, 5) is 11.3. The second kappa shape index (κ2) is 3.69. The molecule has 1 fully saturated rings. The van der Waals surface area contributed by atoms with Crippen LogP contribution < -0.4 is 5.32 Å². The van der Waals surface area contributed by atoms with Gasteiger partial charge in [0.25, 0.3) is 0 Å². The monoisotopic (exact) mass is 187 g/mol. The number of hydrogen-bond donors (Lipinski definition) is 2. The quantitative estimate of drug-likeness (QED) is 0.643. The zero-order chi connectivity index (χ0) is 9.19. The van der Waals surface area contributed by atoms with Crippen LogP contribution in [-0.4, -0.2) is 17.7 Å². The Hall–Kier alpha value is -0.180. The Morgan fingerprint density at radius 2 is 2.17 bits per heavy atom. The van der Waals surface area contributed by atoms with Gasteiger partial charge in [0.2, 0.25) is 5.91 Å². The highest BCUT2D eigenvalue weighted by atomic mass is 32.1. The van der Waals surface area contributed by atoms with E-state index in [-0.39, 0.29) is 17.4 Å². The summed E-state index contributed by atoms with van der Waals surface area (Å²) in [6, 6.07) is 0.258. The van der Waals surface area contributed by atoms with Crippen molar-refractivity contribution in [2.75, 3.05) is 5.75 Å². The third-order valence-corrected chi connectivity index (χ3v) is 2.95. The lowest BCUT2D eigenvalue weighted by Gasteiger charge is -2.13. The van der Waals surface area contributed by atoms with Crippen molar-refractivity contribution >= 4 is 18.5 Å². The Bertz CT molecular complexity index is 175. The predicted octanol–water partition coefficient (Wildman–Crippen LogP) is 1.61. The summed E-state index contributed by atoms with van der Waals surface area (Å²) in [5, 5.41) is 2.90. The molecular weight excluding hydrogens is 170 g/mol.